The largest absolute Gasteiger partial charge is 0.496 e. The van der Waals surface area contributed by atoms with Crippen molar-refractivity contribution in [2.75, 3.05) is 27.2 Å². The average molecular weight is 329 g/mol. The maximum Gasteiger partial charge on any atom is 0.255 e. The Kier molecular flexibility index (Phi) is 5.82. The Labute approximate surface area is 121 Å². The number of likely N-dealkylation sites (N-methyl/N-ethyl adjacent to an activating group) is 1. The van der Waals surface area contributed by atoms with Crippen LogP contribution in [0.3, 0.4) is 0 Å². The van der Waals surface area contributed by atoms with E-state index in [9.17, 15) is 9.59 Å². The van der Waals surface area contributed by atoms with Gasteiger partial charge in [0.05, 0.1) is 19.2 Å². The number of hydrogen-bond donors (Lipinski definition) is 1. The van der Waals surface area contributed by atoms with Gasteiger partial charge in [0, 0.05) is 18.1 Å². The zero-order valence-corrected chi connectivity index (χ0v) is 12.8. The lowest BCUT2D eigenvalue weighted by Crippen LogP contribution is -2.38. The number of carbonyl (C=O) groups excluding carboxylic acids is 2. The quantitative estimate of drug-likeness (QED) is 0.894. The zero-order valence-electron chi connectivity index (χ0n) is 11.2. The third kappa shape index (κ3) is 4.24. The van der Waals surface area contributed by atoms with Crippen LogP contribution in [0.2, 0.25) is 0 Å². The van der Waals surface area contributed by atoms with E-state index in [1.807, 2.05) is 6.92 Å². The molecular formula is C13H17BrN2O3. The molecule has 0 aliphatic carbocycles. The molecule has 0 unspecified atom stereocenters. The number of ether oxygens (including phenoxy) is 1. The fourth-order valence-corrected chi connectivity index (χ4v) is 1.76. The van der Waals surface area contributed by atoms with Crippen molar-refractivity contribution in [1.29, 1.82) is 0 Å². The Balaban J connectivity index is 2.71. The number of halogens is 1. The molecule has 0 heterocycles. The van der Waals surface area contributed by atoms with E-state index in [-0.39, 0.29) is 18.4 Å². The first kappa shape index (κ1) is 15.5. The van der Waals surface area contributed by atoms with E-state index in [0.29, 0.717) is 17.9 Å². The second-order valence-electron chi connectivity index (χ2n) is 3.94. The molecule has 2 amide bonds. The summed E-state index contributed by atoms with van der Waals surface area (Å²) in [5.41, 5.74) is 0.401. The molecule has 5 nitrogen and oxygen atoms in total. The molecular weight excluding hydrogens is 312 g/mol. The maximum absolute atomic E-state index is 12.0. The highest BCUT2D eigenvalue weighted by molar-refractivity contribution is 9.10. The molecule has 1 N–H and O–H groups in total. The molecule has 19 heavy (non-hydrogen) atoms. The van der Waals surface area contributed by atoms with E-state index in [1.54, 1.807) is 30.1 Å². The molecule has 1 aromatic rings. The molecule has 6 heteroatoms. The maximum atomic E-state index is 12.0. The van der Waals surface area contributed by atoms with Crippen molar-refractivity contribution < 1.29 is 14.3 Å². The highest BCUT2D eigenvalue weighted by Crippen LogP contribution is 2.23. The second-order valence-corrected chi connectivity index (χ2v) is 4.85. The summed E-state index contributed by atoms with van der Waals surface area (Å²) in [4.78, 5) is 25.1. The number of nitrogens with one attached hydrogen (secondary N) is 1. The lowest BCUT2D eigenvalue weighted by molar-refractivity contribution is -0.128. The van der Waals surface area contributed by atoms with Crippen LogP contribution in [0.4, 0.5) is 0 Å². The third-order valence-electron chi connectivity index (χ3n) is 2.71. The molecule has 0 aromatic heterocycles. The van der Waals surface area contributed by atoms with Crippen LogP contribution in [0.15, 0.2) is 22.7 Å². The summed E-state index contributed by atoms with van der Waals surface area (Å²) < 4.78 is 5.96. The molecule has 0 atom stereocenters. The van der Waals surface area contributed by atoms with E-state index >= 15 is 0 Å². The van der Waals surface area contributed by atoms with Crippen molar-refractivity contribution in [1.82, 2.24) is 10.2 Å². The molecule has 0 radical (unpaired) electrons. The first-order valence-electron chi connectivity index (χ1n) is 5.85. The van der Waals surface area contributed by atoms with Gasteiger partial charge in [0.25, 0.3) is 5.91 Å². The van der Waals surface area contributed by atoms with Gasteiger partial charge >= 0.3 is 0 Å². The predicted octanol–water partition coefficient (Wildman–Crippen LogP) is 1.67. The van der Waals surface area contributed by atoms with Gasteiger partial charge in [-0.2, -0.15) is 0 Å². The normalized spacial score (nSPS) is 9.89. The molecule has 0 spiro atoms. The Morgan fingerprint density at radius 1 is 1.42 bits per heavy atom. The molecule has 0 aliphatic rings. The first-order chi connectivity index (χ1) is 8.99. The molecule has 104 valence electrons. The van der Waals surface area contributed by atoms with Crippen molar-refractivity contribution in [2.24, 2.45) is 0 Å². The molecule has 1 rings (SSSR count). The lowest BCUT2D eigenvalue weighted by atomic mass is 10.2. The molecule has 0 aliphatic heterocycles. The molecule has 1 aromatic carbocycles. The van der Waals surface area contributed by atoms with Crippen molar-refractivity contribution >= 4 is 27.7 Å². The van der Waals surface area contributed by atoms with E-state index < -0.39 is 0 Å². The van der Waals surface area contributed by atoms with Gasteiger partial charge in [-0.25, -0.2) is 0 Å². The number of carbonyl (C=O) groups is 2. The van der Waals surface area contributed by atoms with Gasteiger partial charge in [-0.15, -0.1) is 0 Å². The van der Waals surface area contributed by atoms with Gasteiger partial charge in [-0.1, -0.05) is 15.9 Å². The number of amides is 2. The van der Waals surface area contributed by atoms with E-state index in [1.165, 1.54) is 7.11 Å². The summed E-state index contributed by atoms with van der Waals surface area (Å²) in [7, 11) is 3.18. The van der Waals surface area contributed by atoms with Gasteiger partial charge in [-0.3, -0.25) is 9.59 Å². The van der Waals surface area contributed by atoms with Crippen molar-refractivity contribution in [3.63, 3.8) is 0 Å². The predicted molar refractivity (Wildman–Crippen MR) is 76.3 cm³/mol. The fourth-order valence-electron chi connectivity index (χ4n) is 1.42. The first-order valence-corrected chi connectivity index (χ1v) is 6.64. The van der Waals surface area contributed by atoms with Crippen LogP contribution >= 0.6 is 15.9 Å². The van der Waals surface area contributed by atoms with Crippen LogP contribution < -0.4 is 10.1 Å². The molecule has 0 bridgehead atoms. The molecule has 0 fully saturated rings. The summed E-state index contributed by atoms with van der Waals surface area (Å²) in [5, 5.41) is 2.58. The van der Waals surface area contributed by atoms with E-state index in [0.717, 1.165) is 4.47 Å². The molecule has 0 saturated carbocycles. The minimum Gasteiger partial charge on any atom is -0.496 e. The van der Waals surface area contributed by atoms with Crippen LogP contribution in [-0.4, -0.2) is 44.0 Å². The Bertz CT molecular complexity index is 477. The van der Waals surface area contributed by atoms with Gasteiger partial charge in [-0.05, 0) is 25.1 Å². The summed E-state index contributed by atoms with van der Waals surface area (Å²) in [6, 6.07) is 5.10. The number of nitrogens with zero attached hydrogens (tertiary/aromatic N) is 1. The van der Waals surface area contributed by atoms with Gasteiger partial charge in [0.2, 0.25) is 5.91 Å². The van der Waals surface area contributed by atoms with Crippen LogP contribution in [0.25, 0.3) is 0 Å². The van der Waals surface area contributed by atoms with Gasteiger partial charge in [0.15, 0.2) is 0 Å². The second kappa shape index (κ2) is 7.13. The average Bonchev–Trinajstić information content (AvgIpc) is 2.43. The monoisotopic (exact) mass is 328 g/mol. The summed E-state index contributed by atoms with van der Waals surface area (Å²) >= 11 is 3.30. The standard InChI is InChI=1S/C13H17BrN2O3/c1-4-16(2)12(17)8-15-13(18)10-6-5-9(14)7-11(10)19-3/h5-7H,4,8H2,1-3H3,(H,15,18). The summed E-state index contributed by atoms with van der Waals surface area (Å²) in [6.07, 6.45) is 0. The number of methoxy groups -OCH3 is 1. The number of hydrogen-bond acceptors (Lipinski definition) is 3. The van der Waals surface area contributed by atoms with Crippen molar-refractivity contribution in [2.45, 2.75) is 6.92 Å². The zero-order chi connectivity index (χ0) is 14.4. The molecule has 0 saturated heterocycles. The van der Waals surface area contributed by atoms with Crippen LogP contribution in [0.1, 0.15) is 17.3 Å². The fraction of sp³-hybridized carbons (Fsp3) is 0.385. The minimum atomic E-state index is -0.331. The third-order valence-corrected chi connectivity index (χ3v) is 3.20. The number of rotatable bonds is 5. The lowest BCUT2D eigenvalue weighted by Gasteiger charge is -2.15. The Hall–Kier alpha value is -1.56. The topological polar surface area (TPSA) is 58.6 Å². The highest BCUT2D eigenvalue weighted by Gasteiger charge is 2.14. The van der Waals surface area contributed by atoms with E-state index in [2.05, 4.69) is 21.2 Å². The number of benzene rings is 1. The van der Waals surface area contributed by atoms with Gasteiger partial charge in [0.1, 0.15) is 5.75 Å². The van der Waals surface area contributed by atoms with Crippen LogP contribution in [-0.2, 0) is 4.79 Å². The SMILES string of the molecule is CCN(C)C(=O)CNC(=O)c1ccc(Br)cc1OC. The highest BCUT2D eigenvalue weighted by atomic mass is 79.9. The Morgan fingerprint density at radius 2 is 2.11 bits per heavy atom. The van der Waals surface area contributed by atoms with Gasteiger partial charge < -0.3 is 15.0 Å². The van der Waals surface area contributed by atoms with Crippen molar-refractivity contribution in [3.8, 4) is 5.75 Å². The van der Waals surface area contributed by atoms with Crippen molar-refractivity contribution in [3.05, 3.63) is 28.2 Å². The van der Waals surface area contributed by atoms with Crippen LogP contribution in [0.5, 0.6) is 5.75 Å². The van der Waals surface area contributed by atoms with E-state index in [4.69, 9.17) is 4.74 Å². The Morgan fingerprint density at radius 3 is 2.68 bits per heavy atom. The summed E-state index contributed by atoms with van der Waals surface area (Å²) in [6.45, 7) is 2.45. The smallest absolute Gasteiger partial charge is 0.255 e. The van der Waals surface area contributed by atoms with Crippen LogP contribution in [0, 0.1) is 0 Å². The summed E-state index contributed by atoms with van der Waals surface area (Å²) in [5.74, 6) is -0.00250. The minimum absolute atomic E-state index is 0.0254.